The Morgan fingerprint density at radius 1 is 1.06 bits per heavy atom. The van der Waals surface area contributed by atoms with Gasteiger partial charge in [0.15, 0.2) is 0 Å². The summed E-state index contributed by atoms with van der Waals surface area (Å²) in [6.07, 6.45) is 8.65. The molecule has 200 valence electrons. The Morgan fingerprint density at radius 2 is 1.80 bits per heavy atom. The average Bonchev–Trinajstić information content (AvgIpc) is 3.09. The summed E-state index contributed by atoms with van der Waals surface area (Å²) in [4.78, 5) is 11.8. The van der Waals surface area contributed by atoms with Crippen LogP contribution in [0.2, 0.25) is 0 Å². The molecular weight excluding hydrogens is 449 g/mol. The Labute approximate surface area is 210 Å². The van der Waals surface area contributed by atoms with Crippen LogP contribution in [0, 0.1) is 46.3 Å². The van der Waals surface area contributed by atoms with Crippen LogP contribution in [-0.2, 0) is 9.53 Å². The minimum Gasteiger partial charge on any atom is -0.462 e. The fourth-order valence-electron chi connectivity index (χ4n) is 9.14. The van der Waals surface area contributed by atoms with E-state index in [0.717, 1.165) is 42.4 Å². The zero-order valence-corrected chi connectivity index (χ0v) is 22.6. The summed E-state index contributed by atoms with van der Waals surface area (Å²) in [6, 6.07) is 0. The highest BCUT2D eigenvalue weighted by molar-refractivity contribution is 5.70. The van der Waals surface area contributed by atoms with Crippen LogP contribution in [0.5, 0.6) is 0 Å². The van der Waals surface area contributed by atoms with Crippen LogP contribution in [0.25, 0.3) is 0 Å². The molecule has 0 aromatic rings. The third kappa shape index (κ3) is 5.49. The van der Waals surface area contributed by atoms with E-state index >= 15 is 0 Å². The lowest BCUT2D eigenvalue weighted by atomic mass is 9.47. The van der Waals surface area contributed by atoms with E-state index in [4.69, 9.17) is 4.74 Å². The second kappa shape index (κ2) is 10.0. The molecule has 8 atom stereocenters. The monoisotopic (exact) mass is 496 g/mol. The van der Waals surface area contributed by atoms with Gasteiger partial charge in [0.1, 0.15) is 12.5 Å². The van der Waals surface area contributed by atoms with E-state index < -0.39 is 24.7 Å². The van der Waals surface area contributed by atoms with Crippen LogP contribution in [0.4, 0.5) is 13.2 Å². The van der Waals surface area contributed by atoms with Gasteiger partial charge in [-0.25, -0.2) is 0 Å². The minimum absolute atomic E-state index is 0.109. The highest BCUT2D eigenvalue weighted by Gasteiger charge is 2.59. The predicted molar refractivity (Wildman–Crippen MR) is 134 cm³/mol. The summed E-state index contributed by atoms with van der Waals surface area (Å²) < 4.78 is 43.0. The maximum atomic E-state index is 12.6. The third-order valence-electron chi connectivity index (χ3n) is 10.9. The molecule has 0 aromatic carbocycles. The molecule has 0 radical (unpaired) electrons. The number of ether oxygens (including phenoxy) is 1. The number of fused-ring (bicyclic) bond motifs is 5. The molecule has 0 saturated heterocycles. The van der Waals surface area contributed by atoms with Crippen LogP contribution in [0.3, 0.4) is 0 Å². The first-order valence-electron chi connectivity index (χ1n) is 14.3. The van der Waals surface area contributed by atoms with Gasteiger partial charge < -0.3 is 4.74 Å². The van der Waals surface area contributed by atoms with Crippen LogP contribution < -0.4 is 0 Å². The largest absolute Gasteiger partial charge is 0.462 e. The number of carbonyl (C=O) groups excluding carboxylic acids is 1. The van der Waals surface area contributed by atoms with Gasteiger partial charge in [0.2, 0.25) is 0 Å². The SMILES string of the molecule is CC(C)CCCC(C)C1CCC2C3CC=C4CC(OC(=O)CC(F)(F)F)CCC4(C)C3CCC12C. The number of halogens is 3. The number of rotatable bonds is 7. The van der Waals surface area contributed by atoms with E-state index in [9.17, 15) is 18.0 Å². The van der Waals surface area contributed by atoms with Crippen molar-refractivity contribution in [3.05, 3.63) is 11.6 Å². The first kappa shape index (κ1) is 27.0. The zero-order valence-electron chi connectivity index (χ0n) is 22.6. The maximum Gasteiger partial charge on any atom is 0.399 e. The summed E-state index contributed by atoms with van der Waals surface area (Å²) in [5.41, 5.74) is 1.90. The normalized spacial score (nSPS) is 39.9. The first-order valence-corrected chi connectivity index (χ1v) is 14.3. The summed E-state index contributed by atoms with van der Waals surface area (Å²) in [7, 11) is 0. The number of esters is 1. The molecule has 35 heavy (non-hydrogen) atoms. The predicted octanol–water partition coefficient (Wildman–Crippen LogP) is 8.89. The Kier molecular flexibility index (Phi) is 7.76. The Morgan fingerprint density at radius 3 is 2.49 bits per heavy atom. The molecule has 8 unspecified atom stereocenters. The third-order valence-corrected chi connectivity index (χ3v) is 10.9. The van der Waals surface area contributed by atoms with Gasteiger partial charge in [-0.15, -0.1) is 0 Å². The molecule has 4 rings (SSSR count). The molecule has 3 fully saturated rings. The Hall–Kier alpha value is -1.00. The van der Waals surface area contributed by atoms with Crippen LogP contribution in [0.15, 0.2) is 11.6 Å². The van der Waals surface area contributed by atoms with E-state index in [2.05, 4.69) is 40.7 Å². The standard InChI is InChI=1S/C30H47F3O2/c1-19(2)7-6-8-20(3)24-11-12-25-23-10-9-21-17-22(35-27(34)18-30(31,32)33)13-15-28(21,4)26(23)14-16-29(24,25)5/h9,19-20,22-26H,6-8,10-18H2,1-5H3. The van der Waals surface area contributed by atoms with Crippen molar-refractivity contribution >= 4 is 5.97 Å². The van der Waals surface area contributed by atoms with Gasteiger partial charge >= 0.3 is 12.1 Å². The van der Waals surface area contributed by atoms with Crippen LogP contribution in [0.1, 0.15) is 112 Å². The van der Waals surface area contributed by atoms with Gasteiger partial charge in [0.05, 0.1) is 0 Å². The maximum absolute atomic E-state index is 12.6. The topological polar surface area (TPSA) is 26.3 Å². The van der Waals surface area contributed by atoms with Gasteiger partial charge in [0.25, 0.3) is 0 Å². The summed E-state index contributed by atoms with van der Waals surface area (Å²) in [5, 5.41) is 0. The second-order valence-electron chi connectivity index (χ2n) is 13.4. The second-order valence-corrected chi connectivity index (χ2v) is 13.4. The van der Waals surface area contributed by atoms with Crippen molar-refractivity contribution in [1.29, 1.82) is 0 Å². The van der Waals surface area contributed by atoms with Crippen molar-refractivity contribution in [3.63, 3.8) is 0 Å². The van der Waals surface area contributed by atoms with Crippen LogP contribution >= 0.6 is 0 Å². The fourth-order valence-corrected chi connectivity index (χ4v) is 9.14. The van der Waals surface area contributed by atoms with Crippen molar-refractivity contribution in [2.75, 3.05) is 0 Å². The van der Waals surface area contributed by atoms with Crippen molar-refractivity contribution in [2.24, 2.45) is 46.3 Å². The highest BCUT2D eigenvalue weighted by Crippen LogP contribution is 2.67. The van der Waals surface area contributed by atoms with E-state index in [1.54, 1.807) is 0 Å². The lowest BCUT2D eigenvalue weighted by Gasteiger charge is -2.58. The smallest absolute Gasteiger partial charge is 0.399 e. The molecule has 3 saturated carbocycles. The molecule has 2 nitrogen and oxygen atoms in total. The summed E-state index contributed by atoms with van der Waals surface area (Å²) in [6.45, 7) is 12.1. The van der Waals surface area contributed by atoms with Gasteiger partial charge in [-0.05, 0) is 91.3 Å². The molecule has 5 heteroatoms. The zero-order chi connectivity index (χ0) is 25.6. The van der Waals surface area contributed by atoms with Gasteiger partial charge in [-0.1, -0.05) is 65.5 Å². The molecule has 0 spiro atoms. The molecular formula is C30H47F3O2. The van der Waals surface area contributed by atoms with Crippen molar-refractivity contribution in [2.45, 2.75) is 124 Å². The van der Waals surface area contributed by atoms with Gasteiger partial charge in [-0.3, -0.25) is 4.79 Å². The lowest BCUT2D eigenvalue weighted by Crippen LogP contribution is -2.51. The highest BCUT2D eigenvalue weighted by atomic mass is 19.4. The molecule has 4 aliphatic carbocycles. The molecule has 0 bridgehead atoms. The molecule has 0 amide bonds. The summed E-state index contributed by atoms with van der Waals surface area (Å²) in [5.74, 6) is 3.46. The molecule has 0 aliphatic heterocycles. The van der Waals surface area contributed by atoms with Crippen molar-refractivity contribution in [1.82, 2.24) is 0 Å². The molecule has 4 aliphatic rings. The van der Waals surface area contributed by atoms with E-state index in [0.29, 0.717) is 24.2 Å². The van der Waals surface area contributed by atoms with E-state index in [1.165, 1.54) is 50.5 Å². The number of hydrogen-bond donors (Lipinski definition) is 0. The Balaban J connectivity index is 1.42. The minimum atomic E-state index is -4.50. The van der Waals surface area contributed by atoms with E-state index in [1.807, 2.05) is 0 Å². The molecule has 0 heterocycles. The Bertz CT molecular complexity index is 802. The van der Waals surface area contributed by atoms with Crippen molar-refractivity contribution < 1.29 is 22.7 Å². The number of alkyl halides is 3. The molecule has 0 N–H and O–H groups in total. The van der Waals surface area contributed by atoms with Gasteiger partial charge in [-0.2, -0.15) is 13.2 Å². The number of allylic oxidation sites excluding steroid dienone is 1. The van der Waals surface area contributed by atoms with Crippen molar-refractivity contribution in [3.8, 4) is 0 Å². The fraction of sp³-hybridized carbons (Fsp3) is 0.900. The van der Waals surface area contributed by atoms with Crippen LogP contribution in [-0.4, -0.2) is 18.2 Å². The quantitative estimate of drug-likeness (QED) is 0.260. The summed E-state index contributed by atoms with van der Waals surface area (Å²) >= 11 is 0. The van der Waals surface area contributed by atoms with Gasteiger partial charge in [0, 0.05) is 6.42 Å². The lowest BCUT2D eigenvalue weighted by molar-refractivity contribution is -0.177. The number of carbonyl (C=O) groups is 1. The number of hydrogen-bond acceptors (Lipinski definition) is 2. The van der Waals surface area contributed by atoms with E-state index in [-0.39, 0.29) is 5.41 Å². The first-order chi connectivity index (χ1) is 16.3. The molecule has 0 aromatic heterocycles. The average molecular weight is 497 g/mol.